The fraction of sp³-hybridized carbons (Fsp3) is 0.227. The van der Waals surface area contributed by atoms with Crippen molar-refractivity contribution < 1.29 is 9.13 Å². The summed E-state index contributed by atoms with van der Waals surface area (Å²) in [6.07, 6.45) is 5.20. The van der Waals surface area contributed by atoms with E-state index >= 15 is 0 Å². The number of hydrogen-bond acceptors (Lipinski definition) is 5. The predicted molar refractivity (Wildman–Crippen MR) is 124 cm³/mol. The molecule has 1 fully saturated rings. The monoisotopic (exact) mass is 491 g/mol. The summed E-state index contributed by atoms with van der Waals surface area (Å²) in [5.41, 5.74) is 2.41. The normalized spacial score (nSPS) is 14.5. The highest BCUT2D eigenvalue weighted by Crippen LogP contribution is 2.39. The Morgan fingerprint density at radius 1 is 1.06 bits per heavy atom. The Morgan fingerprint density at radius 3 is 2.47 bits per heavy atom. The standard InChI is InChI=1S/C22H17Cl3FN5O/c1-11(20-15(24)9-27-10-16(20)25)32-19-6-13-18(7-14(19)23)29-30-21(13)12-5-17(26)22(28-8-12)31-3-2-4-31/h5-11H,2-4H2,1H3,(H,29,30)/t11-/m1/s1. The highest BCUT2D eigenvalue weighted by atomic mass is 35.5. The minimum absolute atomic E-state index is 0.367. The van der Waals surface area contributed by atoms with Crippen LogP contribution in [0, 0.1) is 5.82 Å². The van der Waals surface area contributed by atoms with Gasteiger partial charge in [-0.2, -0.15) is 5.10 Å². The van der Waals surface area contributed by atoms with Crippen molar-refractivity contribution in [2.75, 3.05) is 18.0 Å². The van der Waals surface area contributed by atoms with Gasteiger partial charge in [0, 0.05) is 48.2 Å². The summed E-state index contributed by atoms with van der Waals surface area (Å²) in [5, 5.41) is 9.20. The molecule has 1 atom stereocenters. The van der Waals surface area contributed by atoms with E-state index in [1.807, 2.05) is 11.8 Å². The SMILES string of the molecule is C[C@@H](Oc1cc2c(-c3cnc(N4CCC4)c(F)c3)n[nH]c2cc1Cl)c1c(Cl)cncc1Cl. The molecular weight excluding hydrogens is 476 g/mol. The van der Waals surface area contributed by atoms with Crippen molar-refractivity contribution in [1.82, 2.24) is 20.2 Å². The highest BCUT2D eigenvalue weighted by Gasteiger charge is 2.22. The van der Waals surface area contributed by atoms with E-state index in [1.165, 1.54) is 18.5 Å². The molecule has 1 saturated heterocycles. The largest absolute Gasteiger partial charge is 0.484 e. The summed E-state index contributed by atoms with van der Waals surface area (Å²) in [4.78, 5) is 10.2. The van der Waals surface area contributed by atoms with Crippen molar-refractivity contribution in [3.05, 3.63) is 63.2 Å². The van der Waals surface area contributed by atoms with Crippen LogP contribution in [0.25, 0.3) is 22.2 Å². The second-order valence-electron chi connectivity index (χ2n) is 7.55. The second-order valence-corrected chi connectivity index (χ2v) is 8.77. The average Bonchev–Trinajstić information content (AvgIpc) is 3.11. The van der Waals surface area contributed by atoms with Crippen LogP contribution in [0.4, 0.5) is 10.2 Å². The quantitative estimate of drug-likeness (QED) is 0.346. The number of nitrogens with one attached hydrogen (secondary N) is 1. The van der Waals surface area contributed by atoms with Crippen molar-refractivity contribution in [1.29, 1.82) is 0 Å². The smallest absolute Gasteiger partial charge is 0.166 e. The molecule has 0 amide bonds. The van der Waals surface area contributed by atoms with Gasteiger partial charge in [0.15, 0.2) is 11.6 Å². The molecule has 0 spiro atoms. The van der Waals surface area contributed by atoms with Crippen LogP contribution < -0.4 is 9.64 Å². The van der Waals surface area contributed by atoms with E-state index in [1.54, 1.807) is 18.3 Å². The van der Waals surface area contributed by atoms with Crippen LogP contribution in [0.15, 0.2) is 36.8 Å². The van der Waals surface area contributed by atoms with Crippen LogP contribution in [0.2, 0.25) is 15.1 Å². The molecule has 164 valence electrons. The molecule has 32 heavy (non-hydrogen) atoms. The van der Waals surface area contributed by atoms with Crippen molar-refractivity contribution >= 4 is 51.5 Å². The van der Waals surface area contributed by atoms with Crippen LogP contribution in [0.5, 0.6) is 5.75 Å². The number of aromatic nitrogens is 4. The third kappa shape index (κ3) is 3.74. The Kier molecular flexibility index (Phi) is 5.57. The molecule has 4 aromatic rings. The zero-order valence-corrected chi connectivity index (χ0v) is 19.1. The number of anilines is 1. The molecule has 0 aliphatic carbocycles. The van der Waals surface area contributed by atoms with Gasteiger partial charge in [-0.1, -0.05) is 34.8 Å². The number of fused-ring (bicyclic) bond motifs is 1. The molecule has 0 bridgehead atoms. The highest BCUT2D eigenvalue weighted by molar-refractivity contribution is 6.36. The number of halogens is 4. The van der Waals surface area contributed by atoms with Crippen LogP contribution in [0.1, 0.15) is 25.0 Å². The second kappa shape index (κ2) is 8.39. The molecular formula is C22H17Cl3FN5O. The molecule has 6 nitrogen and oxygen atoms in total. The summed E-state index contributed by atoms with van der Waals surface area (Å²) in [6, 6.07) is 4.92. The van der Waals surface area contributed by atoms with Gasteiger partial charge < -0.3 is 9.64 Å². The third-order valence-corrected chi connectivity index (χ3v) is 6.36. The molecule has 5 rings (SSSR count). The fourth-order valence-corrected chi connectivity index (χ4v) is 4.59. The average molecular weight is 493 g/mol. The zero-order chi connectivity index (χ0) is 22.4. The van der Waals surface area contributed by atoms with Gasteiger partial charge in [-0.25, -0.2) is 9.37 Å². The Labute approximate surface area is 198 Å². The number of H-pyrrole nitrogens is 1. The van der Waals surface area contributed by atoms with E-state index in [4.69, 9.17) is 39.5 Å². The summed E-state index contributed by atoms with van der Waals surface area (Å²) >= 11 is 19.0. The first kappa shape index (κ1) is 21.2. The molecule has 0 unspecified atom stereocenters. The van der Waals surface area contributed by atoms with E-state index < -0.39 is 6.10 Å². The molecule has 4 heterocycles. The summed E-state index contributed by atoms with van der Waals surface area (Å²) in [5.74, 6) is 0.412. The van der Waals surface area contributed by atoms with Gasteiger partial charge >= 0.3 is 0 Å². The Bertz CT molecular complexity index is 1300. The third-order valence-electron chi connectivity index (χ3n) is 5.47. The predicted octanol–water partition coefficient (Wildman–Crippen LogP) is 6.47. The lowest BCUT2D eigenvalue weighted by molar-refractivity contribution is 0.227. The van der Waals surface area contributed by atoms with Crippen LogP contribution in [0.3, 0.4) is 0 Å². The molecule has 0 saturated carbocycles. The van der Waals surface area contributed by atoms with Crippen LogP contribution >= 0.6 is 34.8 Å². The number of pyridine rings is 2. The van der Waals surface area contributed by atoms with Crippen LogP contribution in [-0.2, 0) is 0 Å². The summed E-state index contributed by atoms with van der Waals surface area (Å²) in [7, 11) is 0. The van der Waals surface area contributed by atoms with E-state index in [2.05, 4.69) is 20.2 Å². The van der Waals surface area contributed by atoms with E-state index in [0.29, 0.717) is 49.0 Å². The van der Waals surface area contributed by atoms with Crippen molar-refractivity contribution in [3.63, 3.8) is 0 Å². The Morgan fingerprint density at radius 2 is 1.81 bits per heavy atom. The first-order valence-corrected chi connectivity index (χ1v) is 11.1. The van der Waals surface area contributed by atoms with E-state index in [9.17, 15) is 4.39 Å². The lowest BCUT2D eigenvalue weighted by atomic mass is 10.1. The lowest BCUT2D eigenvalue weighted by Crippen LogP contribution is -2.38. The number of aromatic amines is 1. The van der Waals surface area contributed by atoms with Gasteiger partial charge in [0.1, 0.15) is 17.5 Å². The van der Waals surface area contributed by atoms with Gasteiger partial charge in [-0.3, -0.25) is 10.1 Å². The van der Waals surface area contributed by atoms with Gasteiger partial charge in [-0.05, 0) is 31.5 Å². The Balaban J connectivity index is 1.51. The number of hydrogen-bond donors (Lipinski definition) is 1. The minimum atomic E-state index is -0.488. The van der Waals surface area contributed by atoms with Gasteiger partial charge in [0.05, 0.1) is 20.6 Å². The summed E-state index contributed by atoms with van der Waals surface area (Å²) < 4.78 is 20.8. The molecule has 3 aromatic heterocycles. The van der Waals surface area contributed by atoms with Crippen LogP contribution in [-0.4, -0.2) is 33.3 Å². The molecule has 0 radical (unpaired) electrons. The number of nitrogens with zero attached hydrogens (tertiary/aromatic N) is 4. The zero-order valence-electron chi connectivity index (χ0n) is 16.9. The number of rotatable bonds is 5. The summed E-state index contributed by atoms with van der Waals surface area (Å²) in [6.45, 7) is 3.45. The molecule has 1 N–H and O–H groups in total. The maximum Gasteiger partial charge on any atom is 0.166 e. The maximum absolute atomic E-state index is 14.7. The first-order valence-electron chi connectivity index (χ1n) is 9.96. The first-order chi connectivity index (χ1) is 15.4. The maximum atomic E-state index is 14.7. The number of ether oxygens (including phenoxy) is 1. The molecule has 1 aliphatic heterocycles. The van der Waals surface area contributed by atoms with E-state index in [0.717, 1.165) is 24.9 Å². The van der Waals surface area contributed by atoms with Gasteiger partial charge in [0.2, 0.25) is 0 Å². The Hall–Kier alpha value is -2.61. The number of benzene rings is 1. The molecule has 1 aliphatic rings. The topological polar surface area (TPSA) is 66.9 Å². The minimum Gasteiger partial charge on any atom is -0.484 e. The molecule has 1 aromatic carbocycles. The van der Waals surface area contributed by atoms with Crippen molar-refractivity contribution in [3.8, 4) is 17.0 Å². The fourth-order valence-electron chi connectivity index (χ4n) is 3.71. The van der Waals surface area contributed by atoms with Gasteiger partial charge in [0.25, 0.3) is 0 Å². The van der Waals surface area contributed by atoms with Crippen molar-refractivity contribution in [2.24, 2.45) is 0 Å². The molecule has 10 heteroatoms. The van der Waals surface area contributed by atoms with E-state index in [-0.39, 0.29) is 5.82 Å². The van der Waals surface area contributed by atoms with Crippen molar-refractivity contribution in [2.45, 2.75) is 19.4 Å². The lowest BCUT2D eigenvalue weighted by Gasteiger charge is -2.32. The van der Waals surface area contributed by atoms with Gasteiger partial charge in [-0.15, -0.1) is 0 Å².